The minimum Gasteiger partial charge on any atom is -0.494 e. The maximum absolute atomic E-state index is 13.9. The molecular weight excluding hydrogens is 616 g/mol. The summed E-state index contributed by atoms with van der Waals surface area (Å²) in [6, 6.07) is 17.2. The van der Waals surface area contributed by atoms with Crippen LogP contribution in [-0.2, 0) is 19.9 Å². The normalized spacial score (nSPS) is 18.3. The average molecular weight is 651 g/mol. The molecule has 0 radical (unpaired) electrons. The standard InChI is InChI=1S/C37H34N2O9/c1-2-29(40)47-20-10-4-3-9-19-46-22-15-17-23(18-16-22)48-36(45)26-13-7-8-14-28(26)37(39)21-27(35(43)44)32(38)30-31(37)34(42)25-12-6-5-11-24(25)33(30)41/h2,5-8,11-18,21,32H,1,3-4,9-10,19-20,38-39H2,(H,43,44). The molecule has 11 nitrogen and oxygen atoms in total. The topological polar surface area (TPSA) is 185 Å². The Labute approximate surface area is 276 Å². The van der Waals surface area contributed by atoms with Crippen LogP contribution in [0.1, 0.15) is 62.3 Å². The molecule has 2 atom stereocenters. The van der Waals surface area contributed by atoms with Crippen molar-refractivity contribution in [2.24, 2.45) is 11.5 Å². The van der Waals surface area contributed by atoms with Crippen LogP contribution in [0.4, 0.5) is 0 Å². The Balaban J connectivity index is 1.33. The highest BCUT2D eigenvalue weighted by atomic mass is 16.5. The number of hydrogen-bond acceptors (Lipinski definition) is 10. The van der Waals surface area contributed by atoms with Crippen LogP contribution in [0.5, 0.6) is 11.5 Å². The Hall–Kier alpha value is -5.65. The summed E-state index contributed by atoms with van der Waals surface area (Å²) in [5, 5.41) is 10.0. The lowest BCUT2D eigenvalue weighted by atomic mass is 9.65. The monoisotopic (exact) mass is 650 g/mol. The molecule has 2 aliphatic carbocycles. The highest BCUT2D eigenvalue weighted by molar-refractivity contribution is 6.29. The fourth-order valence-electron chi connectivity index (χ4n) is 5.84. The van der Waals surface area contributed by atoms with E-state index in [1.54, 1.807) is 48.5 Å². The van der Waals surface area contributed by atoms with Crippen LogP contribution in [0.15, 0.2) is 108 Å². The number of carbonyl (C=O) groups is 5. The predicted molar refractivity (Wildman–Crippen MR) is 175 cm³/mol. The molecule has 0 aliphatic heterocycles. The first-order chi connectivity index (χ1) is 23.1. The lowest BCUT2D eigenvalue weighted by Gasteiger charge is -2.40. The van der Waals surface area contributed by atoms with E-state index in [4.69, 9.17) is 25.7 Å². The zero-order valence-electron chi connectivity index (χ0n) is 26.0. The van der Waals surface area contributed by atoms with Crippen LogP contribution in [-0.4, -0.2) is 53.8 Å². The summed E-state index contributed by atoms with van der Waals surface area (Å²) in [5.41, 5.74) is 10.6. The van der Waals surface area contributed by atoms with Crippen molar-refractivity contribution in [3.8, 4) is 11.5 Å². The number of carboxylic acid groups (broad SMARTS) is 1. The third kappa shape index (κ3) is 6.73. The van der Waals surface area contributed by atoms with Crippen molar-refractivity contribution in [3.63, 3.8) is 0 Å². The van der Waals surface area contributed by atoms with Crippen LogP contribution in [0.25, 0.3) is 0 Å². The molecule has 0 bridgehead atoms. The number of Topliss-reactive ketones (excluding diaryl/α,β-unsaturated/α-hetero) is 2. The molecular formula is C37H34N2O9. The van der Waals surface area contributed by atoms with Gasteiger partial charge in [0.2, 0.25) is 0 Å². The number of carboxylic acids is 1. The van der Waals surface area contributed by atoms with E-state index in [1.165, 1.54) is 24.3 Å². The summed E-state index contributed by atoms with van der Waals surface area (Å²) in [5.74, 6) is -3.10. The van der Waals surface area contributed by atoms with Gasteiger partial charge in [0, 0.05) is 28.3 Å². The number of rotatable bonds is 13. The second-order valence-corrected chi connectivity index (χ2v) is 11.3. The maximum Gasteiger partial charge on any atom is 0.343 e. The van der Waals surface area contributed by atoms with Crippen molar-refractivity contribution in [2.75, 3.05) is 13.2 Å². The summed E-state index contributed by atoms with van der Waals surface area (Å²) in [6.45, 7) is 4.17. The molecule has 0 saturated heterocycles. The molecule has 0 aromatic heterocycles. The van der Waals surface area contributed by atoms with Crippen molar-refractivity contribution >= 4 is 29.5 Å². The molecule has 0 heterocycles. The number of benzene rings is 3. The third-order valence-electron chi connectivity index (χ3n) is 8.19. The quantitative estimate of drug-likeness (QED) is 0.103. The predicted octanol–water partition coefficient (Wildman–Crippen LogP) is 4.46. The number of ketones is 2. The smallest absolute Gasteiger partial charge is 0.343 e. The first-order valence-electron chi connectivity index (χ1n) is 15.3. The molecule has 2 aliphatic rings. The van der Waals surface area contributed by atoms with Gasteiger partial charge in [-0.15, -0.1) is 0 Å². The van der Waals surface area contributed by atoms with E-state index < -0.39 is 41.1 Å². The zero-order chi connectivity index (χ0) is 34.4. The molecule has 5 rings (SSSR count). The van der Waals surface area contributed by atoms with Crippen molar-refractivity contribution in [3.05, 3.63) is 131 Å². The van der Waals surface area contributed by atoms with E-state index in [-0.39, 0.29) is 44.7 Å². The van der Waals surface area contributed by atoms with E-state index in [0.717, 1.165) is 37.8 Å². The van der Waals surface area contributed by atoms with Gasteiger partial charge in [0.25, 0.3) is 0 Å². The van der Waals surface area contributed by atoms with Gasteiger partial charge in [-0.1, -0.05) is 49.0 Å². The van der Waals surface area contributed by atoms with Crippen molar-refractivity contribution in [1.82, 2.24) is 0 Å². The van der Waals surface area contributed by atoms with Crippen molar-refractivity contribution in [2.45, 2.75) is 37.3 Å². The van der Waals surface area contributed by atoms with E-state index in [1.807, 2.05) is 0 Å². The van der Waals surface area contributed by atoms with Crippen molar-refractivity contribution < 1.29 is 43.3 Å². The minimum absolute atomic E-state index is 0.0398. The first-order valence-corrected chi connectivity index (χ1v) is 15.3. The number of carbonyl (C=O) groups excluding carboxylic acids is 4. The average Bonchev–Trinajstić information content (AvgIpc) is 3.09. The van der Waals surface area contributed by atoms with E-state index in [2.05, 4.69) is 6.58 Å². The molecule has 246 valence electrons. The second kappa shape index (κ2) is 14.4. The van der Waals surface area contributed by atoms with Gasteiger partial charge in [0.05, 0.1) is 35.9 Å². The van der Waals surface area contributed by atoms with Crippen LogP contribution in [0.2, 0.25) is 0 Å². The Bertz CT molecular complexity index is 1860. The van der Waals surface area contributed by atoms with Crippen LogP contribution < -0.4 is 20.9 Å². The fourth-order valence-corrected chi connectivity index (χ4v) is 5.84. The second-order valence-electron chi connectivity index (χ2n) is 11.3. The molecule has 0 spiro atoms. The maximum atomic E-state index is 13.9. The van der Waals surface area contributed by atoms with Gasteiger partial charge in [-0.25, -0.2) is 14.4 Å². The Kier molecular flexibility index (Phi) is 10.1. The van der Waals surface area contributed by atoms with Crippen LogP contribution in [0.3, 0.4) is 0 Å². The molecule has 0 amide bonds. The lowest BCUT2D eigenvalue weighted by Crippen LogP contribution is -2.51. The van der Waals surface area contributed by atoms with Gasteiger partial charge in [-0.05, 0) is 67.7 Å². The molecule has 5 N–H and O–H groups in total. The lowest BCUT2D eigenvalue weighted by molar-refractivity contribution is -0.138. The van der Waals surface area contributed by atoms with Gasteiger partial charge in [0.15, 0.2) is 11.6 Å². The van der Waals surface area contributed by atoms with Crippen LogP contribution >= 0.6 is 0 Å². The van der Waals surface area contributed by atoms with Gasteiger partial charge in [-0.2, -0.15) is 0 Å². The number of nitrogens with two attached hydrogens (primary N) is 2. The molecule has 0 fully saturated rings. The number of ether oxygens (including phenoxy) is 3. The molecule has 48 heavy (non-hydrogen) atoms. The minimum atomic E-state index is -2.01. The third-order valence-corrected chi connectivity index (χ3v) is 8.19. The number of esters is 2. The number of aliphatic carboxylic acids is 1. The molecule has 3 aromatic rings. The summed E-state index contributed by atoms with van der Waals surface area (Å²) >= 11 is 0. The summed E-state index contributed by atoms with van der Waals surface area (Å²) < 4.78 is 16.4. The van der Waals surface area contributed by atoms with Gasteiger partial charge in [0.1, 0.15) is 11.5 Å². The highest BCUT2D eigenvalue weighted by Gasteiger charge is 2.50. The highest BCUT2D eigenvalue weighted by Crippen LogP contribution is 2.44. The Morgan fingerprint density at radius 1 is 0.833 bits per heavy atom. The molecule has 2 unspecified atom stereocenters. The molecule has 11 heteroatoms. The summed E-state index contributed by atoms with van der Waals surface area (Å²) in [7, 11) is 0. The fraction of sp³-hybridized carbons (Fsp3) is 0.216. The molecule has 0 saturated carbocycles. The Morgan fingerprint density at radius 2 is 1.44 bits per heavy atom. The van der Waals surface area contributed by atoms with E-state index >= 15 is 0 Å². The summed E-state index contributed by atoms with van der Waals surface area (Å²) in [6.07, 6.45) is 5.58. The van der Waals surface area contributed by atoms with Crippen LogP contribution in [0, 0.1) is 0 Å². The van der Waals surface area contributed by atoms with Crippen molar-refractivity contribution in [1.29, 1.82) is 0 Å². The van der Waals surface area contributed by atoms with E-state index in [9.17, 15) is 29.1 Å². The van der Waals surface area contributed by atoms with Gasteiger partial charge < -0.3 is 30.8 Å². The van der Waals surface area contributed by atoms with E-state index in [0.29, 0.717) is 19.0 Å². The van der Waals surface area contributed by atoms with Gasteiger partial charge >= 0.3 is 17.9 Å². The first kappa shape index (κ1) is 33.7. The Morgan fingerprint density at radius 3 is 2.10 bits per heavy atom. The number of fused-ring (bicyclic) bond motifs is 1. The molecule has 3 aromatic carbocycles. The SMILES string of the molecule is C=CC(=O)OCCCCCCOc1ccc(OC(=O)c2ccccc2C2(N)C=C(C(=O)O)C(N)C3=C2C(=O)c2ccccc2C3=O)cc1. The van der Waals surface area contributed by atoms with Gasteiger partial charge in [-0.3, -0.25) is 9.59 Å². The number of hydrogen-bond donors (Lipinski definition) is 3. The zero-order valence-corrected chi connectivity index (χ0v) is 26.0. The largest absolute Gasteiger partial charge is 0.494 e. The summed E-state index contributed by atoms with van der Waals surface area (Å²) in [4.78, 5) is 64.5. The number of unbranched alkanes of at least 4 members (excludes halogenated alkanes) is 3.